The van der Waals surface area contributed by atoms with Crippen molar-refractivity contribution in [2.75, 3.05) is 6.54 Å². The summed E-state index contributed by atoms with van der Waals surface area (Å²) in [5, 5.41) is 0. The van der Waals surface area contributed by atoms with E-state index in [1.54, 1.807) is 0 Å². The van der Waals surface area contributed by atoms with Crippen LogP contribution < -0.4 is 5.73 Å². The second-order valence-corrected chi connectivity index (χ2v) is 9.91. The van der Waals surface area contributed by atoms with Crippen molar-refractivity contribution in [3.8, 4) is 0 Å². The smallest absolute Gasteiger partial charge is 0.140 e. The molecule has 0 amide bonds. The Morgan fingerprint density at radius 1 is 0.833 bits per heavy atom. The van der Waals surface area contributed by atoms with E-state index in [1.807, 2.05) is 0 Å². The summed E-state index contributed by atoms with van der Waals surface area (Å²) in [6, 6.07) is 1.53. The van der Waals surface area contributed by atoms with Crippen molar-refractivity contribution in [2.24, 2.45) is 5.73 Å². The van der Waals surface area contributed by atoms with Crippen LogP contribution in [0.25, 0.3) is 0 Å². The lowest BCUT2D eigenvalue weighted by Crippen LogP contribution is -2.51. The number of rotatable bonds is 4. The zero-order valence-corrected chi connectivity index (χ0v) is 14.4. The fourth-order valence-corrected chi connectivity index (χ4v) is 4.20. The van der Waals surface area contributed by atoms with E-state index in [0.29, 0.717) is 0 Å². The summed E-state index contributed by atoms with van der Waals surface area (Å²) in [7, 11) is 0. The minimum Gasteiger partial charge on any atom is -0.306 e. The molecule has 18 heavy (non-hydrogen) atoms. The maximum atomic E-state index is 6.14. The monoisotopic (exact) mass is 380 g/mol. The molecule has 0 aromatic heterocycles. The number of halogens is 2. The molecule has 0 aliphatic heterocycles. The van der Waals surface area contributed by atoms with E-state index in [2.05, 4.69) is 36.8 Å². The third kappa shape index (κ3) is 4.77. The van der Waals surface area contributed by atoms with Gasteiger partial charge >= 0.3 is 0 Å². The molecule has 0 aromatic rings. The van der Waals surface area contributed by atoms with Crippen molar-refractivity contribution in [3.05, 3.63) is 0 Å². The fraction of sp³-hybridized carbons (Fsp3) is 1.00. The first kappa shape index (κ1) is 15.3. The molecule has 2 nitrogen and oxygen atoms in total. The van der Waals surface area contributed by atoms with Crippen LogP contribution in [0.5, 0.6) is 0 Å². The predicted octanol–water partition coefficient (Wildman–Crippen LogP) is 4.36. The van der Waals surface area contributed by atoms with E-state index in [4.69, 9.17) is 5.73 Å². The highest BCUT2D eigenvalue weighted by molar-refractivity contribution is 9.25. The zero-order chi connectivity index (χ0) is 13.0. The SMILES string of the molecule is NC(Br)(Br)CN(C1CCCCC1)C1CCCCC1. The highest BCUT2D eigenvalue weighted by Gasteiger charge is 2.32. The molecule has 2 aliphatic carbocycles. The van der Waals surface area contributed by atoms with Gasteiger partial charge in [0.25, 0.3) is 0 Å². The predicted molar refractivity (Wildman–Crippen MR) is 85.2 cm³/mol. The van der Waals surface area contributed by atoms with Crippen LogP contribution in [-0.2, 0) is 0 Å². The molecule has 2 saturated carbocycles. The van der Waals surface area contributed by atoms with Gasteiger partial charge in [0.15, 0.2) is 0 Å². The largest absolute Gasteiger partial charge is 0.306 e. The molecule has 0 saturated heterocycles. The Balaban J connectivity index is 2.00. The van der Waals surface area contributed by atoms with Gasteiger partial charge in [-0.3, -0.25) is 4.90 Å². The second kappa shape index (κ2) is 7.05. The van der Waals surface area contributed by atoms with Gasteiger partial charge in [-0.05, 0) is 25.7 Å². The molecule has 0 spiro atoms. The zero-order valence-electron chi connectivity index (χ0n) is 11.2. The minimum absolute atomic E-state index is 0.422. The standard InChI is InChI=1S/C14H26Br2N2/c15-14(16,17)11-18(12-7-3-1-4-8-12)13-9-5-2-6-10-13/h12-13H,1-11,17H2. The average Bonchev–Trinajstić information content (AvgIpc) is 2.37. The molecule has 2 N–H and O–H groups in total. The van der Waals surface area contributed by atoms with Gasteiger partial charge in [-0.15, -0.1) is 0 Å². The van der Waals surface area contributed by atoms with Crippen LogP contribution in [0.15, 0.2) is 0 Å². The average molecular weight is 382 g/mol. The maximum Gasteiger partial charge on any atom is 0.140 e. The van der Waals surface area contributed by atoms with Gasteiger partial charge in [0.2, 0.25) is 0 Å². The lowest BCUT2D eigenvalue weighted by molar-refractivity contribution is 0.0802. The Kier molecular flexibility index (Phi) is 5.98. The summed E-state index contributed by atoms with van der Waals surface area (Å²) in [5.74, 6) is 0. The van der Waals surface area contributed by atoms with E-state index in [9.17, 15) is 0 Å². The highest BCUT2D eigenvalue weighted by Crippen LogP contribution is 2.33. The van der Waals surface area contributed by atoms with Crippen LogP contribution in [0.4, 0.5) is 0 Å². The lowest BCUT2D eigenvalue weighted by Gasteiger charge is -2.43. The van der Waals surface area contributed by atoms with Crippen molar-refractivity contribution in [2.45, 2.75) is 79.6 Å². The fourth-order valence-electron chi connectivity index (χ4n) is 3.63. The molecule has 0 aromatic carbocycles. The Labute approximate surface area is 128 Å². The van der Waals surface area contributed by atoms with Crippen LogP contribution in [-0.4, -0.2) is 26.9 Å². The summed E-state index contributed by atoms with van der Waals surface area (Å²) < 4.78 is -0.422. The molecule has 106 valence electrons. The van der Waals surface area contributed by atoms with Crippen molar-refractivity contribution in [1.82, 2.24) is 4.90 Å². The number of nitrogens with zero attached hydrogens (tertiary/aromatic N) is 1. The molecule has 0 bridgehead atoms. The van der Waals surface area contributed by atoms with Crippen LogP contribution in [0, 0.1) is 0 Å². The van der Waals surface area contributed by atoms with Gasteiger partial charge in [0.05, 0.1) is 0 Å². The Hall–Kier alpha value is 0.880. The molecule has 0 unspecified atom stereocenters. The molecule has 0 atom stereocenters. The summed E-state index contributed by atoms with van der Waals surface area (Å²) in [5.41, 5.74) is 6.14. The third-order valence-corrected chi connectivity index (χ3v) is 4.98. The van der Waals surface area contributed by atoms with E-state index < -0.39 is 3.36 Å². The number of nitrogens with two attached hydrogens (primary N) is 1. The molecule has 2 aliphatic rings. The Morgan fingerprint density at radius 3 is 1.56 bits per heavy atom. The molecular formula is C14H26Br2N2. The summed E-state index contributed by atoms with van der Waals surface area (Å²) >= 11 is 7.13. The van der Waals surface area contributed by atoms with Crippen molar-refractivity contribution >= 4 is 31.9 Å². The van der Waals surface area contributed by atoms with Gasteiger partial charge in [-0.2, -0.15) is 0 Å². The third-order valence-electron chi connectivity index (χ3n) is 4.48. The normalized spacial score (nSPS) is 24.7. The van der Waals surface area contributed by atoms with E-state index in [0.717, 1.165) is 18.6 Å². The first-order valence-electron chi connectivity index (χ1n) is 7.49. The van der Waals surface area contributed by atoms with Gasteiger partial charge in [-0.1, -0.05) is 70.4 Å². The quantitative estimate of drug-likeness (QED) is 0.579. The first-order chi connectivity index (χ1) is 8.56. The maximum absolute atomic E-state index is 6.14. The van der Waals surface area contributed by atoms with E-state index in [1.165, 1.54) is 64.2 Å². The van der Waals surface area contributed by atoms with Crippen molar-refractivity contribution < 1.29 is 0 Å². The highest BCUT2D eigenvalue weighted by atomic mass is 79.9. The first-order valence-corrected chi connectivity index (χ1v) is 9.07. The number of hydrogen-bond acceptors (Lipinski definition) is 2. The van der Waals surface area contributed by atoms with Gasteiger partial charge in [0.1, 0.15) is 3.36 Å². The number of hydrogen-bond donors (Lipinski definition) is 1. The van der Waals surface area contributed by atoms with Crippen molar-refractivity contribution in [3.63, 3.8) is 0 Å². The summed E-state index contributed by atoms with van der Waals surface area (Å²) in [6.45, 7) is 0.919. The minimum atomic E-state index is -0.422. The van der Waals surface area contributed by atoms with Crippen LogP contribution >= 0.6 is 31.9 Å². The van der Waals surface area contributed by atoms with Crippen LogP contribution in [0.3, 0.4) is 0 Å². The lowest BCUT2D eigenvalue weighted by atomic mass is 9.88. The Bertz CT molecular complexity index is 223. The van der Waals surface area contributed by atoms with E-state index in [-0.39, 0.29) is 0 Å². The Morgan fingerprint density at radius 2 is 1.22 bits per heavy atom. The molecule has 0 radical (unpaired) electrons. The molecule has 2 fully saturated rings. The molecular weight excluding hydrogens is 356 g/mol. The van der Waals surface area contributed by atoms with E-state index >= 15 is 0 Å². The van der Waals surface area contributed by atoms with Crippen LogP contribution in [0.1, 0.15) is 64.2 Å². The summed E-state index contributed by atoms with van der Waals surface area (Å²) in [4.78, 5) is 2.71. The molecule has 2 rings (SSSR count). The number of alkyl halides is 2. The van der Waals surface area contributed by atoms with Crippen LogP contribution in [0.2, 0.25) is 0 Å². The van der Waals surface area contributed by atoms with Gasteiger partial charge in [0, 0.05) is 18.6 Å². The van der Waals surface area contributed by atoms with Gasteiger partial charge < -0.3 is 5.73 Å². The van der Waals surface area contributed by atoms with Crippen molar-refractivity contribution in [1.29, 1.82) is 0 Å². The topological polar surface area (TPSA) is 29.3 Å². The molecule has 4 heteroatoms. The summed E-state index contributed by atoms with van der Waals surface area (Å²) in [6.07, 6.45) is 13.9. The van der Waals surface area contributed by atoms with Gasteiger partial charge in [-0.25, -0.2) is 0 Å². The second-order valence-electron chi connectivity index (χ2n) is 6.02. The molecule has 0 heterocycles.